The summed E-state index contributed by atoms with van der Waals surface area (Å²) in [5, 5.41) is 3.95. The number of carbonyl (C=O) groups excluding carboxylic acids is 2. The summed E-state index contributed by atoms with van der Waals surface area (Å²) in [6.07, 6.45) is 0.832. The van der Waals surface area contributed by atoms with Crippen LogP contribution in [0, 0.1) is 5.92 Å². The molecular formula is C15H22N2O3. The Hall–Kier alpha value is -1.88. The van der Waals surface area contributed by atoms with Crippen LogP contribution in [0.2, 0.25) is 0 Å². The molecule has 2 amide bonds. The van der Waals surface area contributed by atoms with E-state index in [0.29, 0.717) is 25.5 Å². The van der Waals surface area contributed by atoms with E-state index in [9.17, 15) is 9.59 Å². The zero-order valence-corrected chi connectivity index (χ0v) is 12.0. The molecule has 110 valence electrons. The van der Waals surface area contributed by atoms with E-state index in [1.54, 1.807) is 0 Å². The van der Waals surface area contributed by atoms with Crippen molar-refractivity contribution in [2.75, 3.05) is 13.1 Å². The van der Waals surface area contributed by atoms with Gasteiger partial charge in [0.15, 0.2) is 0 Å². The van der Waals surface area contributed by atoms with Crippen LogP contribution < -0.4 is 5.32 Å². The van der Waals surface area contributed by atoms with Crippen molar-refractivity contribution >= 4 is 12.3 Å². The first-order valence-corrected chi connectivity index (χ1v) is 6.77. The van der Waals surface area contributed by atoms with Crippen LogP contribution in [0.1, 0.15) is 25.8 Å². The lowest BCUT2D eigenvalue weighted by atomic mass is 10.2. The molecule has 0 saturated carbocycles. The Morgan fingerprint density at radius 1 is 1.35 bits per heavy atom. The molecule has 0 bridgehead atoms. The number of nitrogens with zero attached hydrogens (tertiary/aromatic N) is 1. The molecular weight excluding hydrogens is 256 g/mol. The van der Waals surface area contributed by atoms with Gasteiger partial charge in [-0.3, -0.25) is 14.4 Å². The Morgan fingerprint density at radius 3 is 2.65 bits per heavy atom. The first kappa shape index (κ1) is 16.2. The van der Waals surface area contributed by atoms with Gasteiger partial charge in [0, 0.05) is 13.0 Å². The summed E-state index contributed by atoms with van der Waals surface area (Å²) in [6.45, 7) is 5.26. The number of hydrogen-bond donors (Lipinski definition) is 1. The summed E-state index contributed by atoms with van der Waals surface area (Å²) in [4.78, 5) is 27.7. The van der Waals surface area contributed by atoms with E-state index in [1.807, 2.05) is 44.2 Å². The van der Waals surface area contributed by atoms with Gasteiger partial charge in [0.25, 0.3) is 0 Å². The van der Waals surface area contributed by atoms with Gasteiger partial charge < -0.3 is 5.32 Å². The quantitative estimate of drug-likeness (QED) is 0.553. The maximum Gasteiger partial charge on any atom is 0.233 e. The Kier molecular flexibility index (Phi) is 7.35. The van der Waals surface area contributed by atoms with E-state index in [0.717, 1.165) is 10.6 Å². The highest BCUT2D eigenvalue weighted by Gasteiger charge is 2.07. The maximum absolute atomic E-state index is 11.5. The topological polar surface area (TPSA) is 58.6 Å². The molecule has 5 nitrogen and oxygen atoms in total. The van der Waals surface area contributed by atoms with Crippen LogP contribution in [0.3, 0.4) is 0 Å². The Bertz CT molecular complexity index is 407. The average molecular weight is 278 g/mol. The van der Waals surface area contributed by atoms with E-state index in [-0.39, 0.29) is 18.9 Å². The summed E-state index contributed by atoms with van der Waals surface area (Å²) < 4.78 is 0. The van der Waals surface area contributed by atoms with Crippen molar-refractivity contribution < 1.29 is 14.4 Å². The molecule has 0 unspecified atom stereocenters. The Morgan fingerprint density at radius 2 is 2.05 bits per heavy atom. The van der Waals surface area contributed by atoms with E-state index in [2.05, 4.69) is 5.32 Å². The Balaban J connectivity index is 2.26. The minimum Gasteiger partial charge on any atom is -0.356 e. The van der Waals surface area contributed by atoms with Gasteiger partial charge in [0.1, 0.15) is 6.61 Å². The predicted molar refractivity (Wildman–Crippen MR) is 76.5 cm³/mol. The second kappa shape index (κ2) is 9.09. The van der Waals surface area contributed by atoms with Crippen LogP contribution in [0.5, 0.6) is 0 Å². The van der Waals surface area contributed by atoms with E-state index < -0.39 is 0 Å². The van der Waals surface area contributed by atoms with Gasteiger partial charge in [0.2, 0.25) is 12.3 Å². The molecule has 0 fully saturated rings. The van der Waals surface area contributed by atoms with Crippen LogP contribution >= 0.6 is 0 Å². The number of hydroxylamine groups is 2. The van der Waals surface area contributed by atoms with Crippen LogP contribution in [0.4, 0.5) is 0 Å². The molecule has 1 N–H and O–H groups in total. The average Bonchev–Trinajstić information content (AvgIpc) is 2.46. The number of nitrogens with one attached hydrogen (secondary N) is 1. The molecule has 1 rings (SSSR count). The van der Waals surface area contributed by atoms with Gasteiger partial charge in [-0.15, -0.1) is 0 Å². The summed E-state index contributed by atoms with van der Waals surface area (Å²) in [7, 11) is 0. The summed E-state index contributed by atoms with van der Waals surface area (Å²) in [5.74, 6) is 0.337. The number of rotatable bonds is 9. The van der Waals surface area contributed by atoms with Crippen molar-refractivity contribution in [3.8, 4) is 0 Å². The van der Waals surface area contributed by atoms with Crippen LogP contribution in [0.15, 0.2) is 30.3 Å². The Labute approximate surface area is 119 Å². The molecule has 20 heavy (non-hydrogen) atoms. The van der Waals surface area contributed by atoms with Gasteiger partial charge in [-0.05, 0) is 11.5 Å². The third kappa shape index (κ3) is 6.89. The van der Waals surface area contributed by atoms with Gasteiger partial charge >= 0.3 is 0 Å². The predicted octanol–water partition coefficient (Wildman–Crippen LogP) is 1.74. The van der Waals surface area contributed by atoms with Crippen LogP contribution in [-0.2, 0) is 21.0 Å². The summed E-state index contributed by atoms with van der Waals surface area (Å²) in [5.41, 5.74) is 0.976. The molecule has 0 aliphatic rings. The van der Waals surface area contributed by atoms with Crippen molar-refractivity contribution in [1.82, 2.24) is 10.4 Å². The third-order valence-electron chi connectivity index (χ3n) is 2.62. The zero-order chi connectivity index (χ0) is 14.8. The molecule has 0 radical (unpaired) electrons. The molecule has 0 atom stereocenters. The highest BCUT2D eigenvalue weighted by Crippen LogP contribution is 2.02. The summed E-state index contributed by atoms with van der Waals surface area (Å²) in [6, 6.07) is 9.56. The molecule has 5 heteroatoms. The smallest absolute Gasteiger partial charge is 0.233 e. The fraction of sp³-hybridized carbons (Fsp3) is 0.467. The number of amides is 2. The minimum atomic E-state index is -0.0751. The van der Waals surface area contributed by atoms with Gasteiger partial charge in [-0.1, -0.05) is 44.2 Å². The lowest BCUT2D eigenvalue weighted by Gasteiger charge is -2.17. The third-order valence-corrected chi connectivity index (χ3v) is 2.62. The minimum absolute atomic E-state index is 0.0751. The van der Waals surface area contributed by atoms with E-state index in [4.69, 9.17) is 4.84 Å². The number of carbonyl (C=O) groups is 2. The number of benzene rings is 1. The largest absolute Gasteiger partial charge is 0.356 e. The lowest BCUT2D eigenvalue weighted by molar-refractivity contribution is -0.178. The van der Waals surface area contributed by atoms with Crippen molar-refractivity contribution in [1.29, 1.82) is 0 Å². The van der Waals surface area contributed by atoms with E-state index in [1.165, 1.54) is 0 Å². The first-order chi connectivity index (χ1) is 9.61. The zero-order valence-electron chi connectivity index (χ0n) is 12.0. The molecule has 0 aromatic heterocycles. The monoisotopic (exact) mass is 278 g/mol. The molecule has 1 aromatic carbocycles. The molecule has 0 aliphatic carbocycles. The standard InChI is InChI=1S/C15H22N2O3/c1-13(2)10-16-15(19)8-9-17(12-18)20-11-14-6-4-3-5-7-14/h3-7,12-13H,8-11H2,1-2H3,(H,16,19). The maximum atomic E-state index is 11.5. The van der Waals surface area contributed by atoms with Crippen molar-refractivity contribution in [2.24, 2.45) is 5.92 Å². The summed E-state index contributed by atoms with van der Waals surface area (Å²) >= 11 is 0. The fourth-order valence-corrected chi connectivity index (χ4v) is 1.50. The molecule has 0 spiro atoms. The molecule has 1 aromatic rings. The van der Waals surface area contributed by atoms with Crippen LogP contribution in [0.25, 0.3) is 0 Å². The van der Waals surface area contributed by atoms with Crippen molar-refractivity contribution in [3.63, 3.8) is 0 Å². The number of hydrogen-bond acceptors (Lipinski definition) is 3. The van der Waals surface area contributed by atoms with Crippen molar-refractivity contribution in [2.45, 2.75) is 26.9 Å². The van der Waals surface area contributed by atoms with Crippen LogP contribution in [-0.4, -0.2) is 30.5 Å². The second-order valence-electron chi connectivity index (χ2n) is 4.95. The highest BCUT2D eigenvalue weighted by molar-refractivity contribution is 5.76. The van der Waals surface area contributed by atoms with Gasteiger partial charge in [-0.2, -0.15) is 0 Å². The molecule has 0 saturated heterocycles. The second-order valence-corrected chi connectivity index (χ2v) is 4.95. The SMILES string of the molecule is CC(C)CNC(=O)CCN(C=O)OCc1ccccc1. The lowest BCUT2D eigenvalue weighted by Crippen LogP contribution is -2.32. The van der Waals surface area contributed by atoms with Crippen molar-refractivity contribution in [3.05, 3.63) is 35.9 Å². The molecule has 0 heterocycles. The fourth-order valence-electron chi connectivity index (χ4n) is 1.50. The van der Waals surface area contributed by atoms with E-state index >= 15 is 0 Å². The van der Waals surface area contributed by atoms with Gasteiger partial charge in [0.05, 0.1) is 6.54 Å². The van der Waals surface area contributed by atoms with Gasteiger partial charge in [-0.25, -0.2) is 5.06 Å². The first-order valence-electron chi connectivity index (χ1n) is 6.77. The normalized spacial score (nSPS) is 10.3. The highest BCUT2D eigenvalue weighted by atomic mass is 16.7. The molecule has 0 aliphatic heterocycles.